The number of halogens is 1. The largest absolute Gasteiger partial charge is 0.337 e. The first-order valence-corrected chi connectivity index (χ1v) is 12.7. The Bertz CT molecular complexity index is 1100. The summed E-state index contributed by atoms with van der Waals surface area (Å²) < 4.78 is 44.6. The van der Waals surface area contributed by atoms with Crippen LogP contribution in [0.1, 0.15) is 55.7 Å². The van der Waals surface area contributed by atoms with Crippen molar-refractivity contribution in [3.05, 3.63) is 84.2 Å². The highest BCUT2D eigenvalue weighted by atomic mass is 32.2. The average molecular weight is 456 g/mol. The van der Waals surface area contributed by atoms with Crippen molar-refractivity contribution < 1.29 is 12.8 Å². The molecule has 1 aliphatic heterocycles. The minimum Gasteiger partial charge on any atom is -0.337 e. The number of imidazole rings is 1. The summed E-state index contributed by atoms with van der Waals surface area (Å²) in [6.45, 7) is 2.87. The highest BCUT2D eigenvalue weighted by Gasteiger charge is 2.42. The molecule has 0 spiro atoms. The summed E-state index contributed by atoms with van der Waals surface area (Å²) in [7, 11) is -3.66. The minimum atomic E-state index is -3.66. The fourth-order valence-corrected chi connectivity index (χ4v) is 6.48. The van der Waals surface area contributed by atoms with Crippen molar-refractivity contribution in [3.63, 3.8) is 0 Å². The summed E-state index contributed by atoms with van der Waals surface area (Å²) >= 11 is 0. The maximum atomic E-state index is 13.7. The summed E-state index contributed by atoms with van der Waals surface area (Å²) in [5.74, 6) is -0.311. The lowest BCUT2D eigenvalue weighted by Gasteiger charge is -2.30. The van der Waals surface area contributed by atoms with Crippen molar-refractivity contribution in [1.82, 2.24) is 13.9 Å². The molecule has 5 nitrogen and oxygen atoms in total. The SMILES string of the molecule is Cc1ccc(S(=O)(=O)N2C(CCCCCn3ccnc3)CCC2c2ccc(F)cc2)cc1. The Labute approximate surface area is 190 Å². The van der Waals surface area contributed by atoms with Crippen molar-refractivity contribution >= 4 is 10.0 Å². The highest BCUT2D eigenvalue weighted by Crippen LogP contribution is 2.42. The Kier molecular flexibility index (Phi) is 7.06. The molecule has 1 fully saturated rings. The third kappa shape index (κ3) is 5.10. The van der Waals surface area contributed by atoms with Crippen LogP contribution in [-0.2, 0) is 16.6 Å². The van der Waals surface area contributed by atoms with Gasteiger partial charge in [0.15, 0.2) is 0 Å². The number of nitrogens with zero attached hydrogens (tertiary/aromatic N) is 3. The van der Waals surface area contributed by atoms with Gasteiger partial charge in [-0.05, 0) is 62.4 Å². The smallest absolute Gasteiger partial charge is 0.243 e. The number of aryl methyl sites for hydroxylation is 2. The first kappa shape index (κ1) is 22.7. The second-order valence-corrected chi connectivity index (χ2v) is 10.4. The van der Waals surface area contributed by atoms with Crippen LogP contribution in [0.25, 0.3) is 0 Å². The summed E-state index contributed by atoms with van der Waals surface area (Å²) in [4.78, 5) is 4.39. The molecule has 2 aromatic carbocycles. The fraction of sp³-hybridized carbons (Fsp3) is 0.400. The Morgan fingerprint density at radius 3 is 2.44 bits per heavy atom. The third-order valence-electron chi connectivity index (χ3n) is 6.30. The minimum absolute atomic E-state index is 0.0513. The monoisotopic (exact) mass is 455 g/mol. The number of unbranched alkanes of at least 4 members (excludes halogenated alkanes) is 2. The normalized spacial score (nSPS) is 19.4. The molecule has 2 heterocycles. The lowest BCUT2D eigenvalue weighted by Crippen LogP contribution is -2.37. The van der Waals surface area contributed by atoms with E-state index in [4.69, 9.17) is 0 Å². The highest BCUT2D eigenvalue weighted by molar-refractivity contribution is 7.89. The summed E-state index contributed by atoms with van der Waals surface area (Å²) in [6, 6.07) is 13.0. The van der Waals surface area contributed by atoms with Gasteiger partial charge in [-0.25, -0.2) is 17.8 Å². The molecule has 0 bridgehead atoms. The van der Waals surface area contributed by atoms with E-state index in [2.05, 4.69) is 9.55 Å². The van der Waals surface area contributed by atoms with Crippen LogP contribution in [0.4, 0.5) is 4.39 Å². The number of hydrogen-bond acceptors (Lipinski definition) is 3. The number of rotatable bonds is 9. The molecular weight excluding hydrogens is 425 g/mol. The van der Waals surface area contributed by atoms with Crippen molar-refractivity contribution in [2.45, 2.75) is 69.0 Å². The van der Waals surface area contributed by atoms with Crippen LogP contribution < -0.4 is 0 Å². The third-order valence-corrected chi connectivity index (χ3v) is 8.28. The summed E-state index contributed by atoms with van der Waals surface area (Å²) in [6.07, 6.45) is 11.0. The van der Waals surface area contributed by atoms with Crippen molar-refractivity contribution in [1.29, 1.82) is 0 Å². The molecule has 2 unspecified atom stereocenters. The summed E-state index contributed by atoms with van der Waals surface area (Å²) in [5, 5.41) is 0. The van der Waals surface area contributed by atoms with Crippen LogP contribution in [0, 0.1) is 12.7 Å². The van der Waals surface area contributed by atoms with E-state index in [1.165, 1.54) is 12.1 Å². The van der Waals surface area contributed by atoms with Gasteiger partial charge >= 0.3 is 0 Å². The van der Waals surface area contributed by atoms with Crippen molar-refractivity contribution in [3.8, 4) is 0 Å². The van der Waals surface area contributed by atoms with E-state index in [-0.39, 0.29) is 17.9 Å². The number of aromatic nitrogens is 2. The first-order chi connectivity index (χ1) is 15.4. The van der Waals surface area contributed by atoms with Crippen LogP contribution in [-0.4, -0.2) is 28.3 Å². The number of hydrogen-bond donors (Lipinski definition) is 0. The van der Waals surface area contributed by atoms with Crippen LogP contribution in [0.2, 0.25) is 0 Å². The van der Waals surface area contributed by atoms with Gasteiger partial charge in [-0.3, -0.25) is 0 Å². The van der Waals surface area contributed by atoms with Gasteiger partial charge in [-0.1, -0.05) is 42.7 Å². The zero-order chi connectivity index (χ0) is 22.6. The zero-order valence-corrected chi connectivity index (χ0v) is 19.2. The van der Waals surface area contributed by atoms with Crippen LogP contribution >= 0.6 is 0 Å². The van der Waals surface area contributed by atoms with E-state index in [1.807, 2.05) is 31.6 Å². The molecule has 4 rings (SSSR count). The molecule has 0 amide bonds. The molecule has 1 aliphatic rings. The standard InChI is InChI=1S/C25H30FN3O2S/c1-20-6-13-24(14-7-20)32(30,31)29-23(5-3-2-4-17-28-18-16-27-19-28)12-15-25(29)21-8-10-22(26)11-9-21/h6-11,13-14,16,18-19,23,25H,2-5,12,15,17H2,1H3. The quantitative estimate of drug-likeness (QED) is 0.401. The van der Waals surface area contributed by atoms with Gasteiger partial charge in [0.2, 0.25) is 10.0 Å². The molecule has 2 atom stereocenters. The van der Waals surface area contributed by atoms with Gasteiger partial charge in [0.25, 0.3) is 0 Å². The Balaban J connectivity index is 1.50. The van der Waals surface area contributed by atoms with E-state index in [0.29, 0.717) is 4.90 Å². The lowest BCUT2D eigenvalue weighted by molar-refractivity contribution is 0.306. The molecule has 0 radical (unpaired) electrons. The summed E-state index contributed by atoms with van der Waals surface area (Å²) in [5.41, 5.74) is 1.87. The van der Waals surface area contributed by atoms with Crippen LogP contribution in [0.5, 0.6) is 0 Å². The molecule has 170 valence electrons. The van der Waals surface area contributed by atoms with Gasteiger partial charge < -0.3 is 4.57 Å². The van der Waals surface area contributed by atoms with Gasteiger partial charge in [-0.2, -0.15) is 4.31 Å². The Hall–Kier alpha value is -2.51. The number of sulfonamides is 1. The van der Waals surface area contributed by atoms with E-state index < -0.39 is 10.0 Å². The molecule has 0 N–H and O–H groups in total. The predicted molar refractivity (Wildman–Crippen MR) is 123 cm³/mol. The fourth-order valence-electron chi connectivity index (χ4n) is 4.60. The Morgan fingerprint density at radius 2 is 1.75 bits per heavy atom. The molecule has 32 heavy (non-hydrogen) atoms. The predicted octanol–water partition coefficient (Wildman–Crippen LogP) is 5.49. The first-order valence-electron chi connectivity index (χ1n) is 11.3. The van der Waals surface area contributed by atoms with E-state index >= 15 is 0 Å². The molecule has 7 heteroatoms. The zero-order valence-electron chi connectivity index (χ0n) is 18.4. The average Bonchev–Trinajstić information content (AvgIpc) is 3.45. The maximum Gasteiger partial charge on any atom is 0.243 e. The second kappa shape index (κ2) is 9.96. The van der Waals surface area contributed by atoms with Crippen LogP contribution in [0.15, 0.2) is 72.1 Å². The molecular formula is C25H30FN3O2S. The van der Waals surface area contributed by atoms with Gasteiger partial charge in [0, 0.05) is 25.0 Å². The second-order valence-electron chi connectivity index (χ2n) is 8.60. The topological polar surface area (TPSA) is 55.2 Å². The van der Waals surface area contributed by atoms with Gasteiger partial charge in [0.1, 0.15) is 5.82 Å². The van der Waals surface area contributed by atoms with E-state index in [0.717, 1.165) is 56.2 Å². The van der Waals surface area contributed by atoms with Crippen molar-refractivity contribution in [2.24, 2.45) is 0 Å². The molecule has 0 saturated carbocycles. The molecule has 1 aromatic heterocycles. The van der Waals surface area contributed by atoms with E-state index in [9.17, 15) is 12.8 Å². The molecule has 3 aromatic rings. The van der Waals surface area contributed by atoms with Gasteiger partial charge in [-0.15, -0.1) is 0 Å². The molecule has 1 saturated heterocycles. The number of benzene rings is 2. The van der Waals surface area contributed by atoms with Crippen LogP contribution in [0.3, 0.4) is 0 Å². The van der Waals surface area contributed by atoms with E-state index in [1.54, 1.807) is 34.8 Å². The maximum absolute atomic E-state index is 13.7. The molecule has 0 aliphatic carbocycles. The Morgan fingerprint density at radius 1 is 1.00 bits per heavy atom. The van der Waals surface area contributed by atoms with Gasteiger partial charge in [0.05, 0.1) is 17.3 Å². The van der Waals surface area contributed by atoms with Crippen molar-refractivity contribution in [2.75, 3.05) is 0 Å². The lowest BCUT2D eigenvalue weighted by atomic mass is 10.0.